The van der Waals surface area contributed by atoms with E-state index in [1.165, 1.54) is 0 Å². The number of fused-ring (bicyclic) bond motifs is 1. The number of rotatable bonds is 6. The Balaban J connectivity index is 1.34. The molecule has 5 heterocycles. The molecular weight excluding hydrogens is 447 g/mol. The standard InChI is InChI=1S/C23H30ClFN6O2/c1-4-33-20-15-5-7-26-19(15)29-21(30-20)28-17-10-27-23(3,9-16(17)24)22(2)6-8-31(11-18(22)25)14-12-32-13-14/h5,7,10,14,18H,4,6,8-9,11-13H2,1-3H3,(H2,26,28,29,30)/t18-,22-,23+/m1/s1. The van der Waals surface area contributed by atoms with Gasteiger partial charge in [-0.05, 0) is 32.9 Å². The average molecular weight is 477 g/mol. The van der Waals surface area contributed by atoms with E-state index in [1.54, 1.807) is 12.4 Å². The van der Waals surface area contributed by atoms with Crippen LogP contribution in [0.15, 0.2) is 28.0 Å². The number of hydrogen-bond donors (Lipinski definition) is 2. The maximum atomic E-state index is 15.6. The van der Waals surface area contributed by atoms with Gasteiger partial charge in [-0.25, -0.2) is 4.39 Å². The van der Waals surface area contributed by atoms with E-state index in [-0.39, 0.29) is 0 Å². The van der Waals surface area contributed by atoms with E-state index in [1.807, 2.05) is 26.8 Å². The molecule has 10 heteroatoms. The number of aromatic amines is 1. The van der Waals surface area contributed by atoms with Crippen LogP contribution < -0.4 is 10.1 Å². The maximum Gasteiger partial charge on any atom is 0.232 e. The van der Waals surface area contributed by atoms with Crippen molar-refractivity contribution in [1.82, 2.24) is 19.9 Å². The van der Waals surface area contributed by atoms with Gasteiger partial charge in [0.15, 0.2) is 0 Å². The van der Waals surface area contributed by atoms with E-state index in [9.17, 15) is 0 Å². The van der Waals surface area contributed by atoms with E-state index >= 15 is 4.39 Å². The monoisotopic (exact) mass is 476 g/mol. The lowest BCUT2D eigenvalue weighted by atomic mass is 9.63. The minimum absolute atomic E-state index is 0.341. The van der Waals surface area contributed by atoms with E-state index in [4.69, 9.17) is 26.1 Å². The first-order chi connectivity index (χ1) is 15.8. The third-order valence-electron chi connectivity index (χ3n) is 7.55. The Kier molecular flexibility index (Phi) is 5.83. The summed E-state index contributed by atoms with van der Waals surface area (Å²) < 4.78 is 26.5. The molecule has 2 saturated heterocycles. The number of nitrogens with zero attached hydrogens (tertiary/aromatic N) is 4. The highest BCUT2D eigenvalue weighted by Gasteiger charge is 2.54. The van der Waals surface area contributed by atoms with Crippen molar-refractivity contribution in [2.75, 3.05) is 38.2 Å². The zero-order chi connectivity index (χ0) is 23.2. The first-order valence-corrected chi connectivity index (χ1v) is 11.9. The first kappa shape index (κ1) is 22.6. The number of allylic oxidation sites excluding steroid dienone is 1. The third-order valence-corrected chi connectivity index (χ3v) is 7.89. The van der Waals surface area contributed by atoms with Gasteiger partial charge in [-0.15, -0.1) is 0 Å². The second-order valence-electron chi connectivity index (χ2n) is 9.50. The molecule has 0 unspecified atom stereocenters. The summed E-state index contributed by atoms with van der Waals surface area (Å²) in [5.74, 6) is 0.860. The molecule has 0 bridgehead atoms. The number of hydrogen-bond acceptors (Lipinski definition) is 7. The number of ether oxygens (including phenoxy) is 2. The van der Waals surface area contributed by atoms with Crippen LogP contribution in [0.5, 0.6) is 5.88 Å². The highest BCUT2D eigenvalue weighted by atomic mass is 35.5. The summed E-state index contributed by atoms with van der Waals surface area (Å²) in [5, 5.41) is 4.57. The van der Waals surface area contributed by atoms with Crippen molar-refractivity contribution in [3.05, 3.63) is 23.0 Å². The number of H-pyrrole nitrogens is 1. The Labute approximate surface area is 197 Å². The fraction of sp³-hybridized carbons (Fsp3) is 0.609. The van der Waals surface area contributed by atoms with Crippen LogP contribution in [0, 0.1) is 5.41 Å². The molecule has 0 spiro atoms. The second kappa shape index (κ2) is 8.52. The molecule has 2 fully saturated rings. The molecule has 5 rings (SSSR count). The number of anilines is 1. The van der Waals surface area contributed by atoms with E-state index in [2.05, 4.69) is 25.2 Å². The number of aliphatic imine (C=N–C) groups is 1. The number of alkyl halides is 1. The van der Waals surface area contributed by atoms with Gasteiger partial charge in [0.2, 0.25) is 11.8 Å². The molecule has 0 radical (unpaired) electrons. The summed E-state index contributed by atoms with van der Waals surface area (Å²) in [6, 6.07) is 2.22. The lowest BCUT2D eigenvalue weighted by molar-refractivity contribution is -0.109. The third kappa shape index (κ3) is 3.90. The Hall–Kier alpha value is -2.23. The molecule has 3 atom stereocenters. The topological polar surface area (TPSA) is 87.7 Å². The number of aromatic nitrogens is 3. The van der Waals surface area contributed by atoms with E-state index in [0.29, 0.717) is 67.0 Å². The van der Waals surface area contributed by atoms with Gasteiger partial charge in [0.1, 0.15) is 11.8 Å². The van der Waals surface area contributed by atoms with Crippen molar-refractivity contribution in [3.63, 3.8) is 0 Å². The van der Waals surface area contributed by atoms with E-state index in [0.717, 1.165) is 18.4 Å². The minimum atomic E-state index is -1.000. The molecule has 0 saturated carbocycles. The molecule has 3 aliphatic heterocycles. The fourth-order valence-corrected chi connectivity index (χ4v) is 5.27. The van der Waals surface area contributed by atoms with Crippen molar-refractivity contribution < 1.29 is 13.9 Å². The van der Waals surface area contributed by atoms with Crippen LogP contribution in [0.25, 0.3) is 11.0 Å². The summed E-state index contributed by atoms with van der Waals surface area (Å²) >= 11 is 6.74. The van der Waals surface area contributed by atoms with Gasteiger partial charge in [-0.2, -0.15) is 9.97 Å². The van der Waals surface area contributed by atoms with Gasteiger partial charge in [0, 0.05) is 35.8 Å². The van der Waals surface area contributed by atoms with Crippen molar-refractivity contribution in [2.45, 2.75) is 51.4 Å². The minimum Gasteiger partial charge on any atom is -0.477 e. The van der Waals surface area contributed by atoms with Gasteiger partial charge in [-0.1, -0.05) is 18.5 Å². The van der Waals surface area contributed by atoms with Gasteiger partial charge in [0.05, 0.1) is 42.5 Å². The molecule has 33 heavy (non-hydrogen) atoms. The number of nitrogens with one attached hydrogen (secondary N) is 2. The molecular formula is C23H30ClFN6O2. The van der Waals surface area contributed by atoms with Crippen LogP contribution in [0.1, 0.15) is 33.6 Å². The normalized spacial score (nSPS) is 31.1. The zero-order valence-electron chi connectivity index (χ0n) is 19.2. The average Bonchev–Trinajstić information content (AvgIpc) is 3.21. The van der Waals surface area contributed by atoms with Gasteiger partial charge >= 0.3 is 0 Å². The summed E-state index contributed by atoms with van der Waals surface area (Å²) in [6.45, 7) is 9.06. The van der Waals surface area contributed by atoms with Crippen molar-refractivity contribution >= 4 is 34.8 Å². The number of dihydropyridines is 1. The molecule has 3 aliphatic rings. The Bertz CT molecular complexity index is 1100. The van der Waals surface area contributed by atoms with Crippen LogP contribution in [0.3, 0.4) is 0 Å². The summed E-state index contributed by atoms with van der Waals surface area (Å²) in [5.41, 5.74) is 0.0302. The smallest absolute Gasteiger partial charge is 0.232 e. The number of piperidine rings is 1. The predicted octanol–water partition coefficient (Wildman–Crippen LogP) is 3.90. The van der Waals surface area contributed by atoms with Gasteiger partial charge in [-0.3, -0.25) is 9.89 Å². The molecule has 0 aromatic carbocycles. The van der Waals surface area contributed by atoms with Crippen molar-refractivity contribution in [3.8, 4) is 5.88 Å². The Morgan fingerprint density at radius 3 is 2.85 bits per heavy atom. The molecule has 2 N–H and O–H groups in total. The lowest BCUT2D eigenvalue weighted by Crippen LogP contribution is -2.62. The van der Waals surface area contributed by atoms with Gasteiger partial charge in [0.25, 0.3) is 0 Å². The van der Waals surface area contributed by atoms with Crippen LogP contribution in [0.4, 0.5) is 10.3 Å². The molecule has 2 aromatic rings. The predicted molar refractivity (Wildman–Crippen MR) is 127 cm³/mol. The highest BCUT2D eigenvalue weighted by molar-refractivity contribution is 6.31. The second-order valence-corrected chi connectivity index (χ2v) is 9.96. The SMILES string of the molecule is CCOc1nc(NC2=C(Cl)C[C@@](C)([C@]3(C)CCN(C4COC4)C[C@H]3F)N=C2)nc2[nH]ccc12. The largest absolute Gasteiger partial charge is 0.477 e. The van der Waals surface area contributed by atoms with Crippen LogP contribution in [-0.2, 0) is 4.74 Å². The van der Waals surface area contributed by atoms with E-state index < -0.39 is 17.1 Å². The van der Waals surface area contributed by atoms with Crippen LogP contribution in [-0.4, -0.2) is 76.7 Å². The molecule has 0 aliphatic carbocycles. The maximum absolute atomic E-state index is 15.6. The Morgan fingerprint density at radius 1 is 1.36 bits per heavy atom. The van der Waals surface area contributed by atoms with Crippen LogP contribution in [0.2, 0.25) is 0 Å². The van der Waals surface area contributed by atoms with Crippen LogP contribution >= 0.6 is 11.6 Å². The highest BCUT2D eigenvalue weighted by Crippen LogP contribution is 2.50. The van der Waals surface area contributed by atoms with Gasteiger partial charge < -0.3 is 19.8 Å². The Morgan fingerprint density at radius 2 is 2.18 bits per heavy atom. The number of halogens is 2. The fourth-order valence-electron chi connectivity index (χ4n) is 4.91. The summed E-state index contributed by atoms with van der Waals surface area (Å²) in [7, 11) is 0. The quantitative estimate of drug-likeness (QED) is 0.657. The van der Waals surface area contributed by atoms with Crippen molar-refractivity contribution in [1.29, 1.82) is 0 Å². The summed E-state index contributed by atoms with van der Waals surface area (Å²) in [6.07, 6.45) is 3.65. The lowest BCUT2D eigenvalue weighted by Gasteiger charge is -2.53. The van der Waals surface area contributed by atoms with Crippen molar-refractivity contribution in [2.24, 2.45) is 10.4 Å². The molecule has 0 amide bonds. The first-order valence-electron chi connectivity index (χ1n) is 11.5. The number of likely N-dealkylation sites (tertiary alicyclic amines) is 1. The zero-order valence-corrected chi connectivity index (χ0v) is 20.0. The summed E-state index contributed by atoms with van der Waals surface area (Å²) in [4.78, 5) is 19.1. The molecule has 8 nitrogen and oxygen atoms in total. The molecule has 178 valence electrons. The molecule has 2 aromatic heterocycles.